The lowest BCUT2D eigenvalue weighted by Crippen LogP contribution is -2.78. The van der Waals surface area contributed by atoms with Gasteiger partial charge in [-0.15, -0.1) is 0 Å². The van der Waals surface area contributed by atoms with Gasteiger partial charge in [0.25, 0.3) is 0 Å². The number of hydrogen-bond donors (Lipinski definition) is 1. The van der Waals surface area contributed by atoms with Gasteiger partial charge in [0.05, 0.1) is 6.10 Å². The van der Waals surface area contributed by atoms with E-state index in [-0.39, 0.29) is 17.1 Å². The number of nitrogens with two attached hydrogens (primary N) is 1. The highest BCUT2D eigenvalue weighted by Gasteiger charge is 2.68. The van der Waals surface area contributed by atoms with Crippen LogP contribution in [0.15, 0.2) is 0 Å². The van der Waals surface area contributed by atoms with E-state index < -0.39 is 15.2 Å². The van der Waals surface area contributed by atoms with E-state index in [1.807, 2.05) is 0 Å². The van der Waals surface area contributed by atoms with Crippen LogP contribution in [0.5, 0.6) is 0 Å². The third-order valence-electron chi connectivity index (χ3n) is 5.81. The second-order valence-corrected chi connectivity index (χ2v) is 10.6. The highest BCUT2D eigenvalue weighted by atomic mass is 32.2. The van der Waals surface area contributed by atoms with E-state index >= 15 is 0 Å². The van der Waals surface area contributed by atoms with Gasteiger partial charge in [0.15, 0.2) is 9.84 Å². The smallest absolute Gasteiger partial charge is 0.164 e. The predicted octanol–water partition coefficient (Wildman–Crippen LogP) is 0.548. The van der Waals surface area contributed by atoms with Crippen molar-refractivity contribution in [3.63, 3.8) is 0 Å². The molecule has 3 rings (SSSR count). The van der Waals surface area contributed by atoms with E-state index in [2.05, 4.69) is 18.7 Å². The van der Waals surface area contributed by atoms with Crippen LogP contribution in [0.4, 0.5) is 0 Å². The minimum atomic E-state index is -3.07. The number of rotatable bonds is 3. The topological polar surface area (TPSA) is 72.6 Å². The lowest BCUT2D eigenvalue weighted by Gasteiger charge is -2.64. The van der Waals surface area contributed by atoms with E-state index in [4.69, 9.17) is 10.5 Å². The van der Waals surface area contributed by atoms with Gasteiger partial charge in [-0.25, -0.2) is 8.42 Å². The lowest BCUT2D eigenvalue weighted by atomic mass is 9.48. The molecule has 1 aliphatic carbocycles. The van der Waals surface area contributed by atoms with Crippen LogP contribution < -0.4 is 5.73 Å². The fraction of sp³-hybridized carbons (Fsp3) is 1.00. The molecular formula is C14H26N2O3S2. The molecule has 122 valence electrons. The van der Waals surface area contributed by atoms with Crippen molar-refractivity contribution in [2.24, 2.45) is 17.1 Å². The molecule has 0 amide bonds. The Morgan fingerprint density at radius 1 is 1.43 bits per heavy atom. The average molecular weight is 335 g/mol. The Bertz CT molecular complexity index is 522. The molecule has 3 fully saturated rings. The summed E-state index contributed by atoms with van der Waals surface area (Å²) in [7, 11) is -3.07. The van der Waals surface area contributed by atoms with Crippen LogP contribution in [-0.4, -0.2) is 67.8 Å². The van der Waals surface area contributed by atoms with Crippen LogP contribution in [0.2, 0.25) is 0 Å². The Kier molecular flexibility index (Phi) is 3.89. The summed E-state index contributed by atoms with van der Waals surface area (Å²) < 4.78 is 29.9. The van der Waals surface area contributed by atoms with Crippen molar-refractivity contribution >= 4 is 21.6 Å². The van der Waals surface area contributed by atoms with E-state index in [1.165, 1.54) is 6.26 Å². The molecule has 5 nitrogen and oxygen atoms in total. The molecule has 0 spiro atoms. The van der Waals surface area contributed by atoms with Crippen molar-refractivity contribution in [2.75, 3.05) is 37.5 Å². The fourth-order valence-electron chi connectivity index (χ4n) is 4.32. The summed E-state index contributed by atoms with van der Waals surface area (Å²) in [5.41, 5.74) is 6.33. The van der Waals surface area contributed by atoms with Crippen LogP contribution in [0.3, 0.4) is 0 Å². The molecule has 2 saturated heterocycles. The molecule has 7 heteroatoms. The average Bonchev–Trinajstić information content (AvgIpc) is 2.86. The number of sulfone groups is 1. The van der Waals surface area contributed by atoms with Crippen molar-refractivity contribution in [1.29, 1.82) is 0 Å². The second kappa shape index (κ2) is 5.09. The quantitative estimate of drug-likeness (QED) is 0.812. The van der Waals surface area contributed by atoms with Crippen LogP contribution in [0, 0.1) is 11.3 Å². The SMILES string of the molecule is CC1(C)C2OCCC2C1(N)CN1CCSCC1S(C)(=O)=O. The summed E-state index contributed by atoms with van der Waals surface area (Å²) in [6, 6.07) is 0. The Hall–Kier alpha value is 0.180. The van der Waals surface area contributed by atoms with E-state index in [0.717, 1.165) is 25.3 Å². The van der Waals surface area contributed by atoms with Gasteiger partial charge in [0, 0.05) is 54.3 Å². The molecule has 2 N–H and O–H groups in total. The van der Waals surface area contributed by atoms with Gasteiger partial charge in [-0.1, -0.05) is 13.8 Å². The summed E-state index contributed by atoms with van der Waals surface area (Å²) in [4.78, 5) is 2.10. The molecule has 2 heterocycles. The lowest BCUT2D eigenvalue weighted by molar-refractivity contribution is -0.163. The Morgan fingerprint density at radius 3 is 2.81 bits per heavy atom. The molecular weight excluding hydrogens is 308 g/mol. The molecule has 0 radical (unpaired) electrons. The third-order valence-corrected chi connectivity index (χ3v) is 8.50. The van der Waals surface area contributed by atoms with E-state index in [0.29, 0.717) is 18.2 Å². The molecule has 3 aliphatic rings. The summed E-state index contributed by atoms with van der Waals surface area (Å²) in [6.45, 7) is 6.56. The molecule has 0 aromatic rings. The minimum absolute atomic E-state index is 0.0964. The first kappa shape index (κ1) is 16.1. The molecule has 4 atom stereocenters. The van der Waals surface area contributed by atoms with E-state index in [9.17, 15) is 8.42 Å². The van der Waals surface area contributed by atoms with Crippen molar-refractivity contribution in [1.82, 2.24) is 4.90 Å². The maximum absolute atomic E-state index is 12.1. The minimum Gasteiger partial charge on any atom is -0.377 e. The van der Waals surface area contributed by atoms with Gasteiger partial charge in [-0.2, -0.15) is 11.8 Å². The number of nitrogens with zero attached hydrogens (tertiary/aromatic N) is 1. The van der Waals surface area contributed by atoms with Crippen molar-refractivity contribution in [3.05, 3.63) is 0 Å². The summed E-state index contributed by atoms with van der Waals surface area (Å²) in [5, 5.41) is -0.395. The van der Waals surface area contributed by atoms with Gasteiger partial charge in [-0.05, 0) is 6.42 Å². The van der Waals surface area contributed by atoms with Crippen molar-refractivity contribution in [3.8, 4) is 0 Å². The number of thioether (sulfide) groups is 1. The second-order valence-electron chi connectivity index (χ2n) is 7.28. The zero-order valence-electron chi connectivity index (χ0n) is 13.0. The summed E-state index contributed by atoms with van der Waals surface area (Å²) in [6.07, 6.45) is 2.57. The van der Waals surface area contributed by atoms with Gasteiger partial charge >= 0.3 is 0 Å². The first-order chi connectivity index (χ1) is 9.68. The van der Waals surface area contributed by atoms with Gasteiger partial charge in [0.2, 0.25) is 0 Å². The van der Waals surface area contributed by atoms with Gasteiger partial charge in [0.1, 0.15) is 5.37 Å². The molecule has 0 aromatic heterocycles. The normalized spacial score (nSPS) is 43.3. The first-order valence-electron chi connectivity index (χ1n) is 7.59. The van der Waals surface area contributed by atoms with Crippen molar-refractivity contribution < 1.29 is 13.2 Å². The number of ether oxygens (including phenoxy) is 1. The summed E-state index contributed by atoms with van der Waals surface area (Å²) in [5.74, 6) is 2.00. The molecule has 2 aliphatic heterocycles. The van der Waals surface area contributed by atoms with Crippen LogP contribution in [-0.2, 0) is 14.6 Å². The zero-order chi connectivity index (χ0) is 15.5. The van der Waals surface area contributed by atoms with Crippen molar-refractivity contribution in [2.45, 2.75) is 37.3 Å². The maximum atomic E-state index is 12.1. The predicted molar refractivity (Wildman–Crippen MR) is 86.1 cm³/mol. The Balaban J connectivity index is 1.81. The molecule has 0 aromatic carbocycles. The van der Waals surface area contributed by atoms with Crippen LogP contribution in [0.1, 0.15) is 20.3 Å². The van der Waals surface area contributed by atoms with Gasteiger partial charge in [-0.3, -0.25) is 4.90 Å². The van der Waals surface area contributed by atoms with Crippen LogP contribution in [0.25, 0.3) is 0 Å². The number of hydrogen-bond acceptors (Lipinski definition) is 6. The molecule has 4 unspecified atom stereocenters. The molecule has 21 heavy (non-hydrogen) atoms. The monoisotopic (exact) mass is 334 g/mol. The molecule has 0 bridgehead atoms. The summed E-state index contributed by atoms with van der Waals surface area (Å²) >= 11 is 1.72. The first-order valence-corrected chi connectivity index (χ1v) is 10.7. The Morgan fingerprint density at radius 2 is 2.14 bits per heavy atom. The maximum Gasteiger partial charge on any atom is 0.164 e. The highest BCUT2D eigenvalue weighted by Crippen LogP contribution is 2.58. The Labute approximate surface area is 131 Å². The molecule has 1 saturated carbocycles. The van der Waals surface area contributed by atoms with Crippen LogP contribution >= 0.6 is 11.8 Å². The van der Waals surface area contributed by atoms with Gasteiger partial charge < -0.3 is 10.5 Å². The standard InChI is InChI=1S/C14H26N2O3S2/c1-13(2)12-10(4-6-19-12)14(13,15)9-16-5-7-20-8-11(16)21(3,17)18/h10-12H,4-9,15H2,1-3H3. The largest absolute Gasteiger partial charge is 0.377 e. The zero-order valence-corrected chi connectivity index (χ0v) is 14.7. The third kappa shape index (κ3) is 2.36. The number of fused-ring (bicyclic) bond motifs is 1. The van der Waals surface area contributed by atoms with E-state index in [1.54, 1.807) is 11.8 Å². The fourth-order valence-corrected chi connectivity index (χ4v) is 7.26. The highest BCUT2D eigenvalue weighted by molar-refractivity contribution is 8.00.